The van der Waals surface area contributed by atoms with Crippen molar-refractivity contribution < 1.29 is 9.53 Å². The van der Waals surface area contributed by atoms with Gasteiger partial charge in [-0.1, -0.05) is 12.1 Å². The molecule has 0 saturated heterocycles. The Bertz CT molecular complexity index is 658. The molecule has 1 aromatic heterocycles. The van der Waals surface area contributed by atoms with Gasteiger partial charge in [0.15, 0.2) is 0 Å². The average Bonchev–Trinajstić information content (AvgIpc) is 2.57. The SMILES string of the molecule is O=C1OC(=CI)Cn2cc(I)c3cccc1c32. The molecule has 1 aliphatic heterocycles. The van der Waals surface area contributed by atoms with Crippen molar-refractivity contribution in [3.8, 4) is 0 Å². The standard InChI is InChI=1S/C12H7I2NO2/c13-4-7-5-15-6-10(14)8-2-1-3-9(11(8)15)12(16)17-7/h1-4,6H,5H2. The second-order valence-corrected chi connectivity index (χ2v) is 5.56. The van der Waals surface area contributed by atoms with E-state index in [9.17, 15) is 4.79 Å². The molecule has 3 nitrogen and oxygen atoms in total. The molecule has 0 N–H and O–H groups in total. The van der Waals surface area contributed by atoms with Gasteiger partial charge in [-0.15, -0.1) is 0 Å². The van der Waals surface area contributed by atoms with Gasteiger partial charge < -0.3 is 9.30 Å². The molecule has 2 heterocycles. The minimum absolute atomic E-state index is 0.272. The van der Waals surface area contributed by atoms with Crippen LogP contribution in [0.15, 0.2) is 34.2 Å². The van der Waals surface area contributed by atoms with Crippen molar-refractivity contribution in [2.24, 2.45) is 0 Å². The maximum absolute atomic E-state index is 12.0. The third-order valence-corrected chi connectivity index (χ3v) is 4.30. The Kier molecular flexibility index (Phi) is 2.89. The lowest BCUT2D eigenvalue weighted by molar-refractivity contribution is 0.0621. The molecule has 0 radical (unpaired) electrons. The Morgan fingerprint density at radius 2 is 2.24 bits per heavy atom. The van der Waals surface area contributed by atoms with Crippen LogP contribution < -0.4 is 0 Å². The van der Waals surface area contributed by atoms with Gasteiger partial charge in [-0.2, -0.15) is 0 Å². The van der Waals surface area contributed by atoms with Crippen LogP contribution in [0.5, 0.6) is 0 Å². The summed E-state index contributed by atoms with van der Waals surface area (Å²) in [6, 6.07) is 5.74. The van der Waals surface area contributed by atoms with Crippen molar-refractivity contribution in [1.82, 2.24) is 4.57 Å². The number of benzene rings is 1. The fourth-order valence-corrected chi connectivity index (χ4v) is 3.13. The molecule has 17 heavy (non-hydrogen) atoms. The van der Waals surface area contributed by atoms with E-state index in [0.717, 1.165) is 14.5 Å². The number of nitrogens with zero attached hydrogens (tertiary/aromatic N) is 1. The summed E-state index contributed by atoms with van der Waals surface area (Å²) in [6.07, 6.45) is 2.05. The molecule has 0 unspecified atom stereocenters. The van der Waals surface area contributed by atoms with Gasteiger partial charge in [0, 0.05) is 19.2 Å². The van der Waals surface area contributed by atoms with E-state index >= 15 is 0 Å². The van der Waals surface area contributed by atoms with Crippen LogP contribution in [-0.2, 0) is 11.3 Å². The average molecular weight is 451 g/mol. The highest BCUT2D eigenvalue weighted by atomic mass is 127. The molecule has 0 bridgehead atoms. The number of cyclic esters (lactones) is 1. The fourth-order valence-electron chi connectivity index (χ4n) is 2.04. The molecule has 1 aliphatic rings. The first-order valence-electron chi connectivity index (χ1n) is 4.99. The van der Waals surface area contributed by atoms with E-state index in [0.29, 0.717) is 17.9 Å². The number of carbonyl (C=O) groups is 1. The van der Waals surface area contributed by atoms with Gasteiger partial charge in [-0.25, -0.2) is 4.79 Å². The monoisotopic (exact) mass is 451 g/mol. The molecular formula is C12H7I2NO2. The first-order chi connectivity index (χ1) is 8.20. The van der Waals surface area contributed by atoms with Crippen molar-refractivity contribution in [3.05, 3.63) is 43.4 Å². The zero-order valence-corrected chi connectivity index (χ0v) is 12.9. The Morgan fingerprint density at radius 1 is 1.41 bits per heavy atom. The topological polar surface area (TPSA) is 31.2 Å². The van der Waals surface area contributed by atoms with Crippen molar-refractivity contribution in [2.45, 2.75) is 6.54 Å². The summed E-state index contributed by atoms with van der Waals surface area (Å²) < 4.78 is 10.4. The first-order valence-corrected chi connectivity index (χ1v) is 7.32. The Morgan fingerprint density at radius 3 is 3.00 bits per heavy atom. The quantitative estimate of drug-likeness (QED) is 0.452. The second-order valence-electron chi connectivity index (χ2n) is 3.77. The molecule has 5 heteroatoms. The molecule has 0 amide bonds. The predicted octanol–water partition coefficient (Wildman–Crippen LogP) is 3.69. The summed E-state index contributed by atoms with van der Waals surface area (Å²) in [5.74, 6) is 0.409. The van der Waals surface area contributed by atoms with E-state index in [4.69, 9.17) is 4.74 Å². The lowest BCUT2D eigenvalue weighted by atomic mass is 10.1. The summed E-state index contributed by atoms with van der Waals surface area (Å²) in [4.78, 5) is 12.0. The van der Waals surface area contributed by atoms with E-state index < -0.39 is 0 Å². The molecular weight excluding hydrogens is 444 g/mol. The lowest BCUT2D eigenvalue weighted by Gasteiger charge is -2.03. The van der Waals surface area contributed by atoms with Crippen molar-refractivity contribution in [1.29, 1.82) is 0 Å². The van der Waals surface area contributed by atoms with E-state index in [2.05, 4.69) is 55.9 Å². The largest absolute Gasteiger partial charge is 0.425 e. The van der Waals surface area contributed by atoms with Crippen LogP contribution in [0.1, 0.15) is 10.4 Å². The number of hydrogen-bond donors (Lipinski definition) is 0. The Labute approximate surface area is 125 Å². The third kappa shape index (κ3) is 1.79. The van der Waals surface area contributed by atoms with Crippen LogP contribution in [0.2, 0.25) is 0 Å². The molecule has 0 atom stereocenters. The van der Waals surface area contributed by atoms with Gasteiger partial charge in [0.1, 0.15) is 5.76 Å². The summed E-state index contributed by atoms with van der Waals surface area (Å²) in [5, 5.41) is 1.11. The number of para-hydroxylation sites is 1. The number of aromatic nitrogens is 1. The van der Waals surface area contributed by atoms with E-state index in [1.165, 1.54) is 0 Å². The summed E-state index contributed by atoms with van der Waals surface area (Å²) >= 11 is 4.38. The first kappa shape index (κ1) is 11.5. The van der Waals surface area contributed by atoms with Gasteiger partial charge in [-0.3, -0.25) is 0 Å². The number of ether oxygens (including phenoxy) is 1. The van der Waals surface area contributed by atoms with Crippen molar-refractivity contribution >= 4 is 62.1 Å². The summed E-state index contributed by atoms with van der Waals surface area (Å²) in [5.41, 5.74) is 1.61. The summed E-state index contributed by atoms with van der Waals surface area (Å²) in [6.45, 7) is 0.602. The number of esters is 1. The predicted molar refractivity (Wildman–Crippen MR) is 82.2 cm³/mol. The van der Waals surface area contributed by atoms with Gasteiger partial charge in [-0.05, 0) is 51.2 Å². The zero-order chi connectivity index (χ0) is 12.0. The smallest absolute Gasteiger partial charge is 0.345 e. The van der Waals surface area contributed by atoms with Gasteiger partial charge in [0.2, 0.25) is 0 Å². The number of halogens is 2. The van der Waals surface area contributed by atoms with Crippen LogP contribution in [0.4, 0.5) is 0 Å². The second kappa shape index (κ2) is 4.27. The van der Waals surface area contributed by atoms with Crippen LogP contribution >= 0.6 is 45.2 Å². The molecule has 3 rings (SSSR count). The fraction of sp³-hybridized carbons (Fsp3) is 0.0833. The van der Waals surface area contributed by atoms with E-state index in [1.54, 1.807) is 4.08 Å². The molecule has 0 spiro atoms. The minimum atomic E-state index is -0.272. The highest BCUT2D eigenvalue weighted by molar-refractivity contribution is 14.1. The van der Waals surface area contributed by atoms with Crippen LogP contribution in [0.3, 0.4) is 0 Å². The van der Waals surface area contributed by atoms with E-state index in [1.807, 2.05) is 18.2 Å². The Hall–Kier alpha value is -0.570. The highest BCUT2D eigenvalue weighted by Crippen LogP contribution is 2.30. The summed E-state index contributed by atoms with van der Waals surface area (Å²) in [7, 11) is 0. The van der Waals surface area contributed by atoms with Crippen molar-refractivity contribution in [3.63, 3.8) is 0 Å². The number of carbonyl (C=O) groups excluding carboxylic acids is 1. The lowest BCUT2D eigenvalue weighted by Crippen LogP contribution is -2.03. The van der Waals surface area contributed by atoms with Crippen LogP contribution in [-0.4, -0.2) is 10.5 Å². The molecule has 0 aliphatic carbocycles. The molecule has 0 fully saturated rings. The highest BCUT2D eigenvalue weighted by Gasteiger charge is 2.22. The van der Waals surface area contributed by atoms with Gasteiger partial charge in [0.05, 0.1) is 17.6 Å². The van der Waals surface area contributed by atoms with Crippen LogP contribution in [0.25, 0.3) is 10.9 Å². The molecule has 0 saturated carbocycles. The maximum atomic E-state index is 12.0. The van der Waals surface area contributed by atoms with Gasteiger partial charge in [0.25, 0.3) is 0 Å². The number of hydrogen-bond acceptors (Lipinski definition) is 2. The zero-order valence-electron chi connectivity index (χ0n) is 8.61. The maximum Gasteiger partial charge on any atom is 0.345 e. The number of allylic oxidation sites excluding steroid dienone is 1. The van der Waals surface area contributed by atoms with E-state index in [-0.39, 0.29) is 5.97 Å². The number of rotatable bonds is 0. The molecule has 1 aromatic carbocycles. The third-order valence-electron chi connectivity index (χ3n) is 2.74. The molecule has 2 aromatic rings. The normalized spacial score (nSPS) is 17.3. The van der Waals surface area contributed by atoms with Crippen molar-refractivity contribution in [2.75, 3.05) is 0 Å². The van der Waals surface area contributed by atoms with Crippen LogP contribution in [0, 0.1) is 3.57 Å². The van der Waals surface area contributed by atoms with Gasteiger partial charge >= 0.3 is 5.97 Å². The minimum Gasteiger partial charge on any atom is -0.425 e. The molecule has 86 valence electrons. The Balaban J connectivity index is 2.39.